The highest BCUT2D eigenvalue weighted by Crippen LogP contribution is 2.26. The predicted octanol–water partition coefficient (Wildman–Crippen LogP) is 4.99. The van der Waals surface area contributed by atoms with Gasteiger partial charge in [-0.05, 0) is 80.1 Å². The van der Waals surface area contributed by atoms with E-state index < -0.39 is 22.5 Å². The Morgan fingerprint density at radius 2 is 1.51 bits per heavy atom. The van der Waals surface area contributed by atoms with E-state index in [1.165, 1.54) is 19.2 Å². The molecule has 210 valence electrons. The quantitative estimate of drug-likeness (QED) is 0.206. The lowest BCUT2D eigenvalue weighted by molar-refractivity contribution is -0.119. The molecule has 0 aliphatic carbocycles. The van der Waals surface area contributed by atoms with Gasteiger partial charge in [0, 0.05) is 11.3 Å². The van der Waals surface area contributed by atoms with Gasteiger partial charge in [-0.15, -0.1) is 0 Å². The lowest BCUT2D eigenvalue weighted by atomic mass is 10.1. The van der Waals surface area contributed by atoms with Gasteiger partial charge in [-0.1, -0.05) is 48.0 Å². The molecule has 0 aliphatic rings. The molecule has 41 heavy (non-hydrogen) atoms. The molecule has 0 saturated heterocycles. The Morgan fingerprint density at radius 1 is 0.854 bits per heavy atom. The van der Waals surface area contributed by atoms with Crippen LogP contribution in [0.25, 0.3) is 0 Å². The molecule has 0 aliphatic heterocycles. The molecule has 10 heteroatoms. The number of nitrogens with one attached hydrogen (secondary N) is 2. The Labute approximate surface area is 239 Å². The molecule has 0 fully saturated rings. The molecule has 2 N–H and O–H groups in total. The third kappa shape index (κ3) is 7.37. The van der Waals surface area contributed by atoms with Crippen molar-refractivity contribution in [1.82, 2.24) is 5.43 Å². The molecule has 0 atom stereocenters. The number of methoxy groups -OCH3 is 1. The maximum absolute atomic E-state index is 13.6. The molecule has 4 rings (SSSR count). The minimum atomic E-state index is -4.07. The third-order valence-corrected chi connectivity index (χ3v) is 7.97. The number of aryl methyl sites for hydroxylation is 1. The van der Waals surface area contributed by atoms with Crippen LogP contribution in [0.15, 0.2) is 113 Å². The summed E-state index contributed by atoms with van der Waals surface area (Å²) in [4.78, 5) is 25.5. The number of amides is 2. The van der Waals surface area contributed by atoms with E-state index in [0.29, 0.717) is 34.0 Å². The molecule has 0 spiro atoms. The SMILES string of the molecule is COc1ccc(N(CC(=O)N/N=C(/C)c2cccc(NC(=O)c3ccccc3)c2)S(=O)(=O)c2ccc(C)cc2)cc1. The molecule has 0 radical (unpaired) electrons. The summed E-state index contributed by atoms with van der Waals surface area (Å²) in [6, 6.07) is 28.7. The van der Waals surface area contributed by atoms with Crippen molar-refractivity contribution in [3.05, 3.63) is 120 Å². The largest absolute Gasteiger partial charge is 0.497 e. The van der Waals surface area contributed by atoms with E-state index in [2.05, 4.69) is 15.8 Å². The van der Waals surface area contributed by atoms with Gasteiger partial charge in [0.15, 0.2) is 0 Å². The van der Waals surface area contributed by atoms with Crippen LogP contribution < -0.4 is 19.8 Å². The van der Waals surface area contributed by atoms with Crippen LogP contribution in [0.4, 0.5) is 11.4 Å². The van der Waals surface area contributed by atoms with Crippen molar-refractivity contribution in [2.75, 3.05) is 23.3 Å². The van der Waals surface area contributed by atoms with E-state index in [1.807, 2.05) is 13.0 Å². The van der Waals surface area contributed by atoms with Gasteiger partial charge in [-0.25, -0.2) is 13.8 Å². The van der Waals surface area contributed by atoms with Crippen LogP contribution in [0.3, 0.4) is 0 Å². The van der Waals surface area contributed by atoms with Crippen molar-refractivity contribution >= 4 is 38.9 Å². The van der Waals surface area contributed by atoms with Crippen LogP contribution in [0.5, 0.6) is 5.75 Å². The van der Waals surface area contributed by atoms with E-state index in [4.69, 9.17) is 4.74 Å². The average Bonchev–Trinajstić information content (AvgIpc) is 2.99. The number of hydrogen-bond acceptors (Lipinski definition) is 6. The number of ether oxygens (including phenoxy) is 1. The number of nitrogens with zero attached hydrogens (tertiary/aromatic N) is 2. The minimum Gasteiger partial charge on any atom is -0.497 e. The normalized spacial score (nSPS) is 11.4. The molecule has 0 unspecified atom stereocenters. The lowest BCUT2D eigenvalue weighted by Gasteiger charge is -2.24. The number of carbonyl (C=O) groups excluding carboxylic acids is 2. The van der Waals surface area contributed by atoms with E-state index in [9.17, 15) is 18.0 Å². The molecule has 2 amide bonds. The van der Waals surface area contributed by atoms with Crippen LogP contribution in [-0.2, 0) is 14.8 Å². The van der Waals surface area contributed by atoms with E-state index in [-0.39, 0.29) is 10.8 Å². The fourth-order valence-electron chi connectivity index (χ4n) is 3.89. The zero-order valence-corrected chi connectivity index (χ0v) is 23.7. The summed E-state index contributed by atoms with van der Waals surface area (Å²) < 4.78 is 33.3. The first-order valence-corrected chi connectivity index (χ1v) is 14.1. The summed E-state index contributed by atoms with van der Waals surface area (Å²) >= 11 is 0. The van der Waals surface area contributed by atoms with Crippen molar-refractivity contribution in [3.63, 3.8) is 0 Å². The van der Waals surface area contributed by atoms with E-state index >= 15 is 0 Å². The first-order chi connectivity index (χ1) is 19.7. The molecule has 9 nitrogen and oxygen atoms in total. The van der Waals surface area contributed by atoms with E-state index in [1.54, 1.807) is 91.9 Å². The smallest absolute Gasteiger partial charge is 0.264 e. The van der Waals surface area contributed by atoms with Gasteiger partial charge in [0.1, 0.15) is 12.3 Å². The van der Waals surface area contributed by atoms with Crippen LogP contribution in [0.1, 0.15) is 28.4 Å². The number of anilines is 2. The van der Waals surface area contributed by atoms with Gasteiger partial charge in [0.05, 0.1) is 23.4 Å². The highest BCUT2D eigenvalue weighted by atomic mass is 32.2. The lowest BCUT2D eigenvalue weighted by Crippen LogP contribution is -2.39. The molecule has 0 bridgehead atoms. The summed E-state index contributed by atoms with van der Waals surface area (Å²) in [7, 11) is -2.56. The van der Waals surface area contributed by atoms with Gasteiger partial charge in [0.2, 0.25) is 0 Å². The zero-order chi connectivity index (χ0) is 29.4. The van der Waals surface area contributed by atoms with Crippen LogP contribution in [0.2, 0.25) is 0 Å². The van der Waals surface area contributed by atoms with Crippen molar-refractivity contribution in [1.29, 1.82) is 0 Å². The number of sulfonamides is 1. The summed E-state index contributed by atoms with van der Waals surface area (Å²) in [6.07, 6.45) is 0. The second kappa shape index (κ2) is 12.9. The standard InChI is InChI=1S/C31H30N4O5S/c1-22-12-18-29(19-13-22)41(38,39)35(27-14-16-28(40-3)17-15-27)21-30(36)34-33-23(2)25-10-7-11-26(20-25)32-31(37)24-8-5-4-6-9-24/h4-20H,21H2,1-3H3,(H,32,37)(H,34,36)/b33-23-. The molecule has 4 aromatic rings. The zero-order valence-electron chi connectivity index (χ0n) is 22.9. The van der Waals surface area contributed by atoms with Gasteiger partial charge in [-0.2, -0.15) is 5.10 Å². The van der Waals surface area contributed by atoms with Gasteiger partial charge >= 0.3 is 0 Å². The second-order valence-corrected chi connectivity index (χ2v) is 11.0. The van der Waals surface area contributed by atoms with Crippen LogP contribution in [0, 0.1) is 6.92 Å². The average molecular weight is 571 g/mol. The molecule has 0 aromatic heterocycles. The summed E-state index contributed by atoms with van der Waals surface area (Å²) in [6.45, 7) is 3.05. The maximum atomic E-state index is 13.6. The highest BCUT2D eigenvalue weighted by Gasteiger charge is 2.27. The number of benzene rings is 4. The Hall–Kier alpha value is -4.96. The molecular weight excluding hydrogens is 540 g/mol. The predicted molar refractivity (Wildman–Crippen MR) is 160 cm³/mol. The maximum Gasteiger partial charge on any atom is 0.264 e. The Kier molecular flexibility index (Phi) is 9.15. The first kappa shape index (κ1) is 29.0. The van der Waals surface area contributed by atoms with Crippen molar-refractivity contribution in [2.45, 2.75) is 18.7 Å². The molecule has 4 aromatic carbocycles. The summed E-state index contributed by atoms with van der Waals surface area (Å²) in [5.41, 5.74) is 5.87. The fourth-order valence-corrected chi connectivity index (χ4v) is 5.31. The highest BCUT2D eigenvalue weighted by molar-refractivity contribution is 7.92. The minimum absolute atomic E-state index is 0.0563. The molecule has 0 saturated carbocycles. The fraction of sp³-hybridized carbons (Fsp3) is 0.129. The number of hydrazone groups is 1. The van der Waals surface area contributed by atoms with Crippen molar-refractivity contribution in [2.24, 2.45) is 5.10 Å². The monoisotopic (exact) mass is 570 g/mol. The Balaban J connectivity index is 1.51. The van der Waals surface area contributed by atoms with Gasteiger partial charge in [0.25, 0.3) is 21.8 Å². The van der Waals surface area contributed by atoms with Crippen LogP contribution in [-0.4, -0.2) is 39.6 Å². The van der Waals surface area contributed by atoms with Crippen molar-refractivity contribution in [3.8, 4) is 5.75 Å². The van der Waals surface area contributed by atoms with E-state index in [0.717, 1.165) is 9.87 Å². The van der Waals surface area contributed by atoms with Gasteiger partial charge < -0.3 is 10.1 Å². The number of rotatable bonds is 10. The number of carbonyl (C=O) groups is 2. The van der Waals surface area contributed by atoms with Gasteiger partial charge in [-0.3, -0.25) is 13.9 Å². The topological polar surface area (TPSA) is 117 Å². The molecule has 0 heterocycles. The summed E-state index contributed by atoms with van der Waals surface area (Å²) in [5.74, 6) is -0.336. The van der Waals surface area contributed by atoms with Crippen LogP contribution >= 0.6 is 0 Å². The Morgan fingerprint density at radius 3 is 2.17 bits per heavy atom. The molecular formula is C31H30N4O5S. The first-order valence-electron chi connectivity index (χ1n) is 12.7. The number of hydrogen-bond donors (Lipinski definition) is 2. The van der Waals surface area contributed by atoms with Crippen molar-refractivity contribution < 1.29 is 22.7 Å². The Bertz CT molecular complexity index is 1650. The third-order valence-electron chi connectivity index (χ3n) is 6.18. The second-order valence-electron chi connectivity index (χ2n) is 9.16. The summed E-state index contributed by atoms with van der Waals surface area (Å²) in [5, 5.41) is 7.02.